The van der Waals surface area contributed by atoms with Gasteiger partial charge in [-0.2, -0.15) is 0 Å². The molecule has 289 valence electrons. The fraction of sp³-hybridized carbons (Fsp3) is 0.280. The topological polar surface area (TPSA) is 43.9 Å². The summed E-state index contributed by atoms with van der Waals surface area (Å²) in [5, 5.41) is 3.68. The molecule has 3 aromatic heterocycles. The Balaban J connectivity index is 0.000000194. The van der Waals surface area contributed by atoms with Crippen LogP contribution in [0.4, 0.5) is 0 Å². The normalized spacial score (nSPS) is 11.9. The van der Waals surface area contributed by atoms with Crippen LogP contribution in [0.5, 0.6) is 0 Å². The van der Waals surface area contributed by atoms with Crippen LogP contribution < -0.4 is 5.19 Å². The molecule has 0 aliphatic rings. The molecule has 0 N–H and O–H groups in total. The van der Waals surface area contributed by atoms with Crippen molar-refractivity contribution in [2.24, 2.45) is 5.92 Å². The zero-order valence-corrected chi connectivity index (χ0v) is 38.1. The van der Waals surface area contributed by atoms with Crippen LogP contribution >= 0.6 is 0 Å². The zero-order chi connectivity index (χ0) is 39.2. The second-order valence-electron chi connectivity index (χ2n) is 17.5. The van der Waals surface area contributed by atoms with Crippen LogP contribution in [-0.4, -0.2) is 22.6 Å². The molecule has 4 nitrogen and oxygen atoms in total. The van der Waals surface area contributed by atoms with Crippen molar-refractivity contribution in [3.63, 3.8) is 0 Å². The molecule has 3 heterocycles. The Kier molecular flexibility index (Phi) is 11.8. The summed E-state index contributed by atoms with van der Waals surface area (Å²) in [4.78, 5) is 9.83. The molecule has 0 atom stereocenters. The smallest absolute Gasteiger partial charge is 0.120 e. The predicted molar refractivity (Wildman–Crippen MR) is 236 cm³/mol. The van der Waals surface area contributed by atoms with Gasteiger partial charge < -0.3 is 14.0 Å². The van der Waals surface area contributed by atoms with Crippen LogP contribution in [0.15, 0.2) is 108 Å². The molecule has 0 aliphatic heterocycles. The molecule has 5 aromatic carbocycles. The first-order valence-electron chi connectivity index (χ1n) is 19.5. The fourth-order valence-corrected chi connectivity index (χ4v) is 9.37. The third-order valence-electron chi connectivity index (χ3n) is 10.4. The number of furan rings is 1. The maximum absolute atomic E-state index is 6.32. The van der Waals surface area contributed by atoms with Crippen LogP contribution in [0, 0.1) is 38.8 Å². The molecule has 0 bridgehead atoms. The van der Waals surface area contributed by atoms with E-state index < -0.39 is 8.07 Å². The number of aryl methyl sites for hydroxylation is 3. The molecule has 0 saturated heterocycles. The van der Waals surface area contributed by atoms with Crippen molar-refractivity contribution in [1.29, 1.82) is 0 Å². The van der Waals surface area contributed by atoms with Crippen LogP contribution in [0.25, 0.3) is 61.3 Å². The number of nitrogens with zero attached hydrogens (tertiary/aromatic N) is 3. The van der Waals surface area contributed by atoms with Gasteiger partial charge in [0.15, 0.2) is 0 Å². The number of imidazole rings is 1. The maximum Gasteiger partial charge on any atom is 0.120 e. The SMILES string of the molecule is CC(C)Cc1cc(-c2[c-]cc(C(C)(C)C)cc2)ncc1[Si](C)(C)C.Cc1cc(C)c(-n2c(-c3[c-]ccc4c3oc3ccccc34)nc3ccccc32)c(C)c1.[Ir]. The van der Waals surface area contributed by atoms with E-state index in [0.717, 1.165) is 67.7 Å². The summed E-state index contributed by atoms with van der Waals surface area (Å²) in [6.07, 6.45) is 3.25. The van der Waals surface area contributed by atoms with Gasteiger partial charge in [0.25, 0.3) is 0 Å². The first-order chi connectivity index (χ1) is 26.1. The van der Waals surface area contributed by atoms with E-state index in [0.29, 0.717) is 5.92 Å². The molecule has 56 heavy (non-hydrogen) atoms. The number of rotatable bonds is 6. The molecule has 0 aliphatic carbocycles. The second-order valence-corrected chi connectivity index (χ2v) is 22.6. The average molecular weight is 932 g/mol. The van der Waals surface area contributed by atoms with E-state index in [2.05, 4.69) is 165 Å². The second kappa shape index (κ2) is 16.1. The van der Waals surface area contributed by atoms with Crippen LogP contribution in [0.2, 0.25) is 19.6 Å². The number of fused-ring (bicyclic) bond motifs is 4. The Morgan fingerprint density at radius 1 is 0.821 bits per heavy atom. The van der Waals surface area contributed by atoms with Crippen molar-refractivity contribution >= 4 is 46.2 Å². The molecule has 1 radical (unpaired) electrons. The van der Waals surface area contributed by atoms with E-state index in [1.807, 2.05) is 30.3 Å². The Morgan fingerprint density at radius 3 is 2.18 bits per heavy atom. The molecule has 0 unspecified atom stereocenters. The van der Waals surface area contributed by atoms with Gasteiger partial charge >= 0.3 is 0 Å². The van der Waals surface area contributed by atoms with Gasteiger partial charge in [0, 0.05) is 37.4 Å². The standard InChI is InChI=1S/C28H21N2O.C22H32NSi.Ir/c1-17-15-18(2)26(19(3)16-17)30-24-13-6-5-12-23(24)29-28(30)22-11-8-10-21-20-9-4-7-14-25(20)31-27(21)22;1-16(2)13-18-14-20(23-15-21(18)24(6,7)8)17-9-11-19(12-10-17)22(3,4)5;/h4-10,12-16H,1-3H3;9,11-12,14-16H,13H2,1-8H3;/q2*-1;. The summed E-state index contributed by atoms with van der Waals surface area (Å²) < 4.78 is 8.58. The first kappa shape index (κ1) is 41.0. The molecule has 0 fully saturated rings. The van der Waals surface area contributed by atoms with Crippen LogP contribution in [0.1, 0.15) is 62.4 Å². The van der Waals surface area contributed by atoms with Crippen molar-refractivity contribution in [2.45, 2.75) is 86.9 Å². The third kappa shape index (κ3) is 8.25. The summed E-state index contributed by atoms with van der Waals surface area (Å²) in [5.74, 6) is 1.50. The summed E-state index contributed by atoms with van der Waals surface area (Å²) in [6.45, 7) is 25.0. The first-order valence-corrected chi connectivity index (χ1v) is 23.0. The van der Waals surface area contributed by atoms with Gasteiger partial charge in [-0.3, -0.25) is 4.98 Å². The summed E-state index contributed by atoms with van der Waals surface area (Å²) in [7, 11) is -1.38. The van der Waals surface area contributed by atoms with Crippen molar-refractivity contribution in [3.8, 4) is 28.3 Å². The molecule has 8 rings (SSSR count). The molecule has 6 heteroatoms. The van der Waals surface area contributed by atoms with E-state index in [4.69, 9.17) is 14.4 Å². The summed E-state index contributed by atoms with van der Waals surface area (Å²) >= 11 is 0. The van der Waals surface area contributed by atoms with Gasteiger partial charge in [-0.15, -0.1) is 53.6 Å². The number of aromatic nitrogens is 3. The zero-order valence-electron chi connectivity index (χ0n) is 34.7. The Labute approximate surface area is 347 Å². The van der Waals surface area contributed by atoms with Crippen molar-refractivity contribution in [1.82, 2.24) is 14.5 Å². The average Bonchev–Trinajstić information content (AvgIpc) is 3.69. The monoisotopic (exact) mass is 932 g/mol. The van der Waals surface area contributed by atoms with E-state index in [-0.39, 0.29) is 25.5 Å². The van der Waals surface area contributed by atoms with Crippen molar-refractivity contribution in [3.05, 3.63) is 143 Å². The van der Waals surface area contributed by atoms with Gasteiger partial charge in [0.05, 0.1) is 30.5 Å². The van der Waals surface area contributed by atoms with Gasteiger partial charge in [0.2, 0.25) is 0 Å². The number of para-hydroxylation sites is 3. The minimum atomic E-state index is -1.38. The molecular weight excluding hydrogens is 879 g/mol. The van der Waals surface area contributed by atoms with E-state index in [1.54, 1.807) is 0 Å². The molecular formula is C50H53IrN3OSi-2. The van der Waals surface area contributed by atoms with E-state index in [1.165, 1.54) is 33.0 Å². The number of pyridine rings is 1. The largest absolute Gasteiger partial charge is 0.501 e. The number of benzene rings is 5. The van der Waals surface area contributed by atoms with Crippen molar-refractivity contribution in [2.75, 3.05) is 0 Å². The van der Waals surface area contributed by atoms with Gasteiger partial charge in [-0.25, -0.2) is 0 Å². The molecule has 0 amide bonds. The fourth-order valence-electron chi connectivity index (χ4n) is 7.78. The van der Waals surface area contributed by atoms with E-state index >= 15 is 0 Å². The number of hydrogen-bond acceptors (Lipinski definition) is 3. The Bertz CT molecular complexity index is 2630. The Hall–Kier alpha value is -4.61. The number of hydrogen-bond donors (Lipinski definition) is 0. The minimum Gasteiger partial charge on any atom is -0.501 e. The van der Waals surface area contributed by atoms with E-state index in [9.17, 15) is 0 Å². The Morgan fingerprint density at radius 2 is 1.52 bits per heavy atom. The van der Waals surface area contributed by atoms with Crippen LogP contribution in [-0.2, 0) is 31.9 Å². The maximum atomic E-state index is 6.32. The molecule has 8 aromatic rings. The quantitative estimate of drug-likeness (QED) is 0.123. The minimum absolute atomic E-state index is 0. The summed E-state index contributed by atoms with van der Waals surface area (Å²) in [6, 6.07) is 40.6. The summed E-state index contributed by atoms with van der Waals surface area (Å²) in [5.41, 5.74) is 14.6. The van der Waals surface area contributed by atoms with Gasteiger partial charge in [0.1, 0.15) is 5.58 Å². The van der Waals surface area contributed by atoms with Crippen LogP contribution in [0.3, 0.4) is 0 Å². The third-order valence-corrected chi connectivity index (χ3v) is 12.4. The molecule has 0 saturated carbocycles. The molecule has 0 spiro atoms. The van der Waals surface area contributed by atoms with Gasteiger partial charge in [-0.1, -0.05) is 125 Å². The predicted octanol–water partition coefficient (Wildman–Crippen LogP) is 12.9. The van der Waals surface area contributed by atoms with Gasteiger partial charge in [-0.05, 0) is 78.7 Å². The van der Waals surface area contributed by atoms with Crippen molar-refractivity contribution < 1.29 is 24.5 Å².